The maximum atomic E-state index is 6.44. The normalized spacial score (nSPS) is 22.1. The molecule has 2 aromatic rings. The first-order chi connectivity index (χ1) is 9.78. The number of thiophene rings is 1. The van der Waals surface area contributed by atoms with Crippen LogP contribution in [0, 0.1) is 19.3 Å². The van der Waals surface area contributed by atoms with E-state index in [1.165, 1.54) is 26.7 Å². The van der Waals surface area contributed by atoms with E-state index in [1.807, 2.05) is 11.3 Å². The number of hydrogen-bond donors (Lipinski definition) is 1. The zero-order valence-corrected chi connectivity index (χ0v) is 14.6. The van der Waals surface area contributed by atoms with E-state index in [-0.39, 0.29) is 6.04 Å². The summed E-state index contributed by atoms with van der Waals surface area (Å²) in [5.41, 5.74) is 10.9. The van der Waals surface area contributed by atoms with Gasteiger partial charge in [-0.15, -0.1) is 11.3 Å². The highest BCUT2D eigenvalue weighted by molar-refractivity contribution is 7.12. The van der Waals surface area contributed by atoms with Gasteiger partial charge in [-0.2, -0.15) is 0 Å². The van der Waals surface area contributed by atoms with Crippen molar-refractivity contribution in [2.75, 3.05) is 0 Å². The van der Waals surface area contributed by atoms with Gasteiger partial charge in [-0.25, -0.2) is 0 Å². The minimum Gasteiger partial charge on any atom is -0.341 e. The van der Waals surface area contributed by atoms with Crippen molar-refractivity contribution < 1.29 is 0 Å². The Morgan fingerprint density at radius 2 is 2.05 bits per heavy atom. The Kier molecular flexibility index (Phi) is 3.53. The molecule has 0 fully saturated rings. The molecule has 0 bridgehead atoms. The molecule has 3 rings (SSSR count). The smallest absolute Gasteiger partial charge is 0.0649 e. The van der Waals surface area contributed by atoms with E-state index in [0.29, 0.717) is 11.5 Å². The van der Waals surface area contributed by atoms with E-state index in [2.05, 4.69) is 57.4 Å². The Bertz CT molecular complexity index is 663. The lowest BCUT2D eigenvalue weighted by atomic mass is 9.74. The fourth-order valence-corrected chi connectivity index (χ4v) is 4.73. The predicted molar refractivity (Wildman–Crippen MR) is 91.1 cm³/mol. The Hall–Kier alpha value is -1.06. The van der Waals surface area contributed by atoms with Gasteiger partial charge in [0.15, 0.2) is 0 Å². The Labute approximate surface area is 132 Å². The average Bonchev–Trinajstić information content (AvgIpc) is 2.91. The number of nitrogens with two attached hydrogens (primary N) is 1. The van der Waals surface area contributed by atoms with Crippen LogP contribution in [0.5, 0.6) is 0 Å². The minimum absolute atomic E-state index is 0.181. The Morgan fingerprint density at radius 3 is 2.67 bits per heavy atom. The van der Waals surface area contributed by atoms with Gasteiger partial charge in [0.25, 0.3) is 0 Å². The van der Waals surface area contributed by atoms with Crippen LogP contribution in [0.25, 0.3) is 0 Å². The number of nitrogens with zero attached hydrogens (tertiary/aromatic N) is 1. The monoisotopic (exact) mass is 302 g/mol. The zero-order chi connectivity index (χ0) is 15.4. The van der Waals surface area contributed by atoms with E-state index in [4.69, 9.17) is 5.73 Å². The van der Waals surface area contributed by atoms with Crippen LogP contribution in [0.15, 0.2) is 18.2 Å². The highest BCUT2D eigenvalue weighted by Gasteiger charge is 2.34. The summed E-state index contributed by atoms with van der Waals surface area (Å²) in [7, 11) is 0. The van der Waals surface area contributed by atoms with Crippen molar-refractivity contribution >= 4 is 11.3 Å². The SMILES string of the molecule is Cc1ccc(C(C)n2c(C)cc3c2CC(C)(C)CC3N)s1. The summed E-state index contributed by atoms with van der Waals surface area (Å²) in [5, 5.41) is 0. The average molecular weight is 302 g/mol. The third-order valence-electron chi connectivity index (χ3n) is 4.75. The van der Waals surface area contributed by atoms with Crippen LogP contribution < -0.4 is 5.73 Å². The number of fused-ring (bicyclic) bond motifs is 1. The lowest BCUT2D eigenvalue weighted by Crippen LogP contribution is -2.31. The Balaban J connectivity index is 2.08. The lowest BCUT2D eigenvalue weighted by Gasteiger charge is -2.35. The number of hydrogen-bond acceptors (Lipinski definition) is 2. The molecule has 2 heterocycles. The zero-order valence-electron chi connectivity index (χ0n) is 13.7. The second-order valence-corrected chi connectivity index (χ2v) is 8.65. The van der Waals surface area contributed by atoms with Crippen LogP contribution in [0.2, 0.25) is 0 Å². The van der Waals surface area contributed by atoms with Crippen LogP contribution in [0.3, 0.4) is 0 Å². The van der Waals surface area contributed by atoms with Gasteiger partial charge in [0.2, 0.25) is 0 Å². The fourth-order valence-electron chi connectivity index (χ4n) is 3.81. The molecule has 2 atom stereocenters. The Morgan fingerprint density at radius 1 is 1.33 bits per heavy atom. The van der Waals surface area contributed by atoms with E-state index in [1.54, 1.807) is 0 Å². The van der Waals surface area contributed by atoms with E-state index in [9.17, 15) is 0 Å². The van der Waals surface area contributed by atoms with Crippen molar-refractivity contribution in [2.24, 2.45) is 11.1 Å². The summed E-state index contributed by atoms with van der Waals surface area (Å²) in [6, 6.07) is 7.38. The van der Waals surface area contributed by atoms with Gasteiger partial charge in [-0.05, 0) is 62.8 Å². The molecule has 2 unspecified atom stereocenters. The summed E-state index contributed by atoms with van der Waals surface area (Å²) < 4.78 is 2.52. The molecule has 0 aliphatic heterocycles. The molecule has 1 aliphatic rings. The summed E-state index contributed by atoms with van der Waals surface area (Å²) in [4.78, 5) is 2.82. The van der Waals surface area contributed by atoms with Gasteiger partial charge in [0.1, 0.15) is 0 Å². The summed E-state index contributed by atoms with van der Waals surface area (Å²) >= 11 is 1.90. The molecule has 0 saturated carbocycles. The molecule has 2 N–H and O–H groups in total. The van der Waals surface area contributed by atoms with Crippen LogP contribution >= 0.6 is 11.3 Å². The molecule has 0 amide bonds. The second kappa shape index (κ2) is 4.99. The second-order valence-electron chi connectivity index (χ2n) is 7.33. The molecule has 2 aromatic heterocycles. The largest absolute Gasteiger partial charge is 0.341 e. The summed E-state index contributed by atoms with van der Waals surface area (Å²) in [6.45, 7) is 11.4. The van der Waals surface area contributed by atoms with Crippen molar-refractivity contribution in [3.05, 3.63) is 44.9 Å². The van der Waals surface area contributed by atoms with Crippen molar-refractivity contribution in [3.8, 4) is 0 Å². The van der Waals surface area contributed by atoms with E-state index >= 15 is 0 Å². The molecule has 0 radical (unpaired) electrons. The maximum Gasteiger partial charge on any atom is 0.0649 e. The van der Waals surface area contributed by atoms with Gasteiger partial charge in [0, 0.05) is 27.2 Å². The first-order valence-electron chi connectivity index (χ1n) is 7.81. The van der Waals surface area contributed by atoms with Crippen LogP contribution in [0.1, 0.15) is 66.0 Å². The fraction of sp³-hybridized carbons (Fsp3) is 0.556. The van der Waals surface area contributed by atoms with Gasteiger partial charge >= 0.3 is 0 Å². The van der Waals surface area contributed by atoms with E-state index in [0.717, 1.165) is 12.8 Å². The van der Waals surface area contributed by atoms with Gasteiger partial charge in [0.05, 0.1) is 6.04 Å². The first-order valence-corrected chi connectivity index (χ1v) is 8.63. The summed E-state index contributed by atoms with van der Waals surface area (Å²) in [6.07, 6.45) is 2.20. The van der Waals surface area contributed by atoms with Crippen molar-refractivity contribution in [2.45, 2.75) is 59.5 Å². The first kappa shape index (κ1) is 14.9. The van der Waals surface area contributed by atoms with Gasteiger partial charge in [-0.3, -0.25) is 0 Å². The third kappa shape index (κ3) is 2.58. The molecule has 0 saturated heterocycles. The molecule has 2 nitrogen and oxygen atoms in total. The third-order valence-corrected chi connectivity index (χ3v) is 5.92. The lowest BCUT2D eigenvalue weighted by molar-refractivity contribution is 0.274. The number of aryl methyl sites for hydroxylation is 2. The highest BCUT2D eigenvalue weighted by atomic mass is 32.1. The highest BCUT2D eigenvalue weighted by Crippen LogP contribution is 2.42. The predicted octanol–water partition coefficient (Wildman–Crippen LogP) is 4.75. The molecule has 114 valence electrons. The van der Waals surface area contributed by atoms with E-state index < -0.39 is 0 Å². The quantitative estimate of drug-likeness (QED) is 0.853. The number of aromatic nitrogens is 1. The minimum atomic E-state index is 0.181. The van der Waals surface area contributed by atoms with Crippen LogP contribution in [-0.2, 0) is 6.42 Å². The maximum absolute atomic E-state index is 6.44. The molecule has 1 aliphatic carbocycles. The molecule has 3 heteroatoms. The molecular formula is C18H26N2S. The van der Waals surface area contributed by atoms with Crippen LogP contribution in [0.4, 0.5) is 0 Å². The van der Waals surface area contributed by atoms with Crippen LogP contribution in [-0.4, -0.2) is 4.57 Å². The van der Waals surface area contributed by atoms with Gasteiger partial charge < -0.3 is 10.3 Å². The standard InChI is InChI=1S/C18H26N2S/c1-11-8-14-15(19)9-18(4,5)10-16(14)20(11)13(3)17-7-6-12(2)21-17/h6-8,13,15H,9-10,19H2,1-5H3. The van der Waals surface area contributed by atoms with Crippen molar-refractivity contribution in [1.82, 2.24) is 4.57 Å². The summed E-state index contributed by atoms with van der Waals surface area (Å²) in [5.74, 6) is 0. The number of rotatable bonds is 2. The molecule has 0 aromatic carbocycles. The molecule has 0 spiro atoms. The van der Waals surface area contributed by atoms with Crippen molar-refractivity contribution in [3.63, 3.8) is 0 Å². The molecular weight excluding hydrogens is 276 g/mol. The molecule has 21 heavy (non-hydrogen) atoms. The van der Waals surface area contributed by atoms with Gasteiger partial charge in [-0.1, -0.05) is 13.8 Å². The topological polar surface area (TPSA) is 30.9 Å². The van der Waals surface area contributed by atoms with Crippen molar-refractivity contribution in [1.29, 1.82) is 0 Å².